The summed E-state index contributed by atoms with van der Waals surface area (Å²) in [7, 11) is 0. The Balaban J connectivity index is 1.71. The van der Waals surface area contributed by atoms with Gasteiger partial charge in [-0.2, -0.15) is 0 Å². The van der Waals surface area contributed by atoms with E-state index in [9.17, 15) is 40.7 Å². The van der Waals surface area contributed by atoms with Gasteiger partial charge in [0.25, 0.3) is 11.8 Å². The summed E-state index contributed by atoms with van der Waals surface area (Å²) in [5.41, 5.74) is 0.0501. The first kappa shape index (κ1) is 24.3. The van der Waals surface area contributed by atoms with E-state index in [1.54, 1.807) is 0 Å². The monoisotopic (exact) mass is 472 g/mol. The maximum absolute atomic E-state index is 14.5. The van der Waals surface area contributed by atoms with Crippen molar-refractivity contribution in [3.05, 3.63) is 71.3 Å². The molecule has 176 valence electrons. The second kappa shape index (κ2) is 9.24. The summed E-state index contributed by atoms with van der Waals surface area (Å²) in [6.45, 7) is -2.87. The molecular formula is C22H18F6N2O3. The van der Waals surface area contributed by atoms with E-state index in [1.807, 2.05) is 0 Å². The Labute approximate surface area is 184 Å². The van der Waals surface area contributed by atoms with Gasteiger partial charge in [-0.15, -0.1) is 0 Å². The van der Waals surface area contributed by atoms with Gasteiger partial charge in [0.2, 0.25) is 11.8 Å². The van der Waals surface area contributed by atoms with Crippen LogP contribution in [0.2, 0.25) is 0 Å². The van der Waals surface area contributed by atoms with Gasteiger partial charge in [0.15, 0.2) is 0 Å². The fourth-order valence-electron chi connectivity index (χ4n) is 3.37. The van der Waals surface area contributed by atoms with Gasteiger partial charge >= 0.3 is 6.03 Å². The number of halogens is 6. The van der Waals surface area contributed by atoms with E-state index in [4.69, 9.17) is 0 Å². The number of rotatable bonds is 8. The minimum Gasteiger partial charge on any atom is -0.274 e. The van der Waals surface area contributed by atoms with Crippen molar-refractivity contribution < 1.29 is 40.7 Å². The number of carbonyl (C=O) groups excluding carboxylic acids is 3. The van der Waals surface area contributed by atoms with Crippen molar-refractivity contribution in [2.45, 2.75) is 31.1 Å². The highest BCUT2D eigenvalue weighted by atomic mass is 19.3. The van der Waals surface area contributed by atoms with Crippen LogP contribution in [0.4, 0.5) is 31.1 Å². The van der Waals surface area contributed by atoms with Crippen LogP contribution in [0.25, 0.3) is 0 Å². The molecule has 1 heterocycles. The first-order valence-electron chi connectivity index (χ1n) is 9.74. The van der Waals surface area contributed by atoms with Crippen molar-refractivity contribution in [3.63, 3.8) is 0 Å². The number of benzene rings is 2. The van der Waals surface area contributed by atoms with E-state index in [-0.39, 0.29) is 20.9 Å². The summed E-state index contributed by atoms with van der Waals surface area (Å²) in [4.78, 5) is 36.8. The van der Waals surface area contributed by atoms with Gasteiger partial charge in [-0.1, -0.05) is 24.3 Å². The van der Waals surface area contributed by atoms with E-state index < -0.39 is 73.7 Å². The van der Waals surface area contributed by atoms with Crippen LogP contribution in [0.1, 0.15) is 17.5 Å². The number of nitrogens with zero attached hydrogens (tertiary/aromatic N) is 2. The molecule has 0 aromatic heterocycles. The Morgan fingerprint density at radius 1 is 0.636 bits per heavy atom. The minimum absolute atomic E-state index is 0.0251. The quantitative estimate of drug-likeness (QED) is 0.428. The zero-order valence-electron chi connectivity index (χ0n) is 17.0. The fourth-order valence-corrected chi connectivity index (χ4v) is 3.37. The van der Waals surface area contributed by atoms with Crippen LogP contribution in [0.3, 0.4) is 0 Å². The molecule has 5 nitrogen and oxygen atoms in total. The molecule has 0 N–H and O–H groups in total. The number of carbonyl (C=O) groups is 3. The molecule has 0 saturated carbocycles. The van der Waals surface area contributed by atoms with Crippen LogP contribution in [-0.2, 0) is 22.4 Å². The third kappa shape index (κ3) is 6.33. The van der Waals surface area contributed by atoms with Crippen LogP contribution in [0.15, 0.2) is 48.5 Å². The van der Waals surface area contributed by atoms with Crippen molar-refractivity contribution in [1.82, 2.24) is 9.80 Å². The average Bonchev–Trinajstić information content (AvgIpc) is 2.72. The number of urea groups is 1. The predicted molar refractivity (Wildman–Crippen MR) is 104 cm³/mol. The topological polar surface area (TPSA) is 57.7 Å². The number of alkyl halides is 4. The number of imide groups is 2. The average molecular weight is 472 g/mol. The third-order valence-electron chi connectivity index (χ3n) is 4.90. The molecule has 2 aromatic rings. The van der Waals surface area contributed by atoms with E-state index in [0.717, 1.165) is 48.5 Å². The molecule has 1 aliphatic heterocycles. The second-order valence-electron chi connectivity index (χ2n) is 7.74. The smallest absolute Gasteiger partial charge is 0.274 e. The first-order valence-corrected chi connectivity index (χ1v) is 9.74. The van der Waals surface area contributed by atoms with Gasteiger partial charge in [-0.25, -0.2) is 31.1 Å². The molecule has 1 saturated heterocycles. The van der Waals surface area contributed by atoms with Crippen LogP contribution in [-0.4, -0.2) is 52.6 Å². The molecule has 2 aromatic carbocycles. The zero-order valence-corrected chi connectivity index (χ0v) is 17.0. The van der Waals surface area contributed by atoms with Gasteiger partial charge in [-0.05, 0) is 35.4 Å². The standard InChI is InChI=1S/C22H18F6N2O3/c23-16-5-1-14(2-6-16)10-21(25,26)12-29-18(31)9-19(32)30(20(29)33)13-22(27,28)11-15-3-7-17(24)8-4-15/h1-8H,9-13H2. The Morgan fingerprint density at radius 2 is 0.970 bits per heavy atom. The van der Waals surface area contributed by atoms with Crippen molar-refractivity contribution >= 4 is 17.8 Å². The van der Waals surface area contributed by atoms with E-state index in [0.29, 0.717) is 0 Å². The van der Waals surface area contributed by atoms with Crippen molar-refractivity contribution in [1.29, 1.82) is 0 Å². The van der Waals surface area contributed by atoms with E-state index in [2.05, 4.69) is 0 Å². The number of hydrogen-bond acceptors (Lipinski definition) is 3. The second-order valence-corrected chi connectivity index (χ2v) is 7.74. The maximum atomic E-state index is 14.5. The molecule has 0 aliphatic carbocycles. The summed E-state index contributed by atoms with van der Waals surface area (Å²) < 4.78 is 83.9. The van der Waals surface area contributed by atoms with Crippen LogP contribution in [0, 0.1) is 11.6 Å². The molecule has 1 aliphatic rings. The molecule has 0 spiro atoms. The highest BCUT2D eigenvalue weighted by Gasteiger charge is 2.46. The lowest BCUT2D eigenvalue weighted by Gasteiger charge is -2.36. The minimum atomic E-state index is -3.66. The Kier molecular flexibility index (Phi) is 6.80. The molecule has 33 heavy (non-hydrogen) atoms. The lowest BCUT2D eigenvalue weighted by atomic mass is 10.1. The van der Waals surface area contributed by atoms with Gasteiger partial charge in [-0.3, -0.25) is 19.4 Å². The van der Waals surface area contributed by atoms with Gasteiger partial charge in [0.05, 0.1) is 13.1 Å². The summed E-state index contributed by atoms with van der Waals surface area (Å²) in [6.07, 6.45) is -2.91. The Morgan fingerprint density at radius 3 is 1.30 bits per heavy atom. The van der Waals surface area contributed by atoms with Crippen LogP contribution < -0.4 is 0 Å². The number of barbiturate groups is 1. The van der Waals surface area contributed by atoms with Crippen LogP contribution in [0.5, 0.6) is 0 Å². The van der Waals surface area contributed by atoms with Crippen LogP contribution >= 0.6 is 0 Å². The molecule has 1 fully saturated rings. The maximum Gasteiger partial charge on any atom is 0.333 e. The Hall–Kier alpha value is -3.37. The van der Waals surface area contributed by atoms with Crippen molar-refractivity contribution in [3.8, 4) is 0 Å². The van der Waals surface area contributed by atoms with Gasteiger partial charge in [0, 0.05) is 12.8 Å². The molecular weight excluding hydrogens is 454 g/mol. The lowest BCUT2D eigenvalue weighted by molar-refractivity contribution is -0.149. The van der Waals surface area contributed by atoms with Gasteiger partial charge < -0.3 is 0 Å². The number of hydrogen-bond donors (Lipinski definition) is 0. The van der Waals surface area contributed by atoms with Gasteiger partial charge in [0.1, 0.15) is 18.1 Å². The summed E-state index contributed by atoms with van der Waals surface area (Å²) in [5.74, 6) is -11.1. The molecule has 0 bridgehead atoms. The number of amides is 4. The van der Waals surface area contributed by atoms with E-state index >= 15 is 0 Å². The predicted octanol–water partition coefficient (Wildman–Crippen LogP) is 4.20. The highest BCUT2D eigenvalue weighted by Crippen LogP contribution is 2.27. The summed E-state index contributed by atoms with van der Waals surface area (Å²) >= 11 is 0. The van der Waals surface area contributed by atoms with E-state index in [1.165, 1.54) is 0 Å². The molecule has 0 atom stereocenters. The Bertz CT molecular complexity index is 960. The normalized spacial score (nSPS) is 15.4. The molecule has 4 amide bonds. The van der Waals surface area contributed by atoms with Crippen molar-refractivity contribution in [2.75, 3.05) is 13.1 Å². The molecule has 0 unspecified atom stereocenters. The fraction of sp³-hybridized carbons (Fsp3) is 0.318. The molecule has 11 heteroatoms. The highest BCUT2D eigenvalue weighted by molar-refractivity contribution is 6.14. The third-order valence-corrected chi connectivity index (χ3v) is 4.90. The molecule has 3 rings (SSSR count). The first-order chi connectivity index (χ1) is 15.3. The SMILES string of the molecule is O=C1CC(=O)N(CC(F)(F)Cc2ccc(F)cc2)C(=O)N1CC(F)(F)Cc1ccc(F)cc1. The summed E-state index contributed by atoms with van der Waals surface area (Å²) in [6, 6.07) is 6.71. The largest absolute Gasteiger partial charge is 0.333 e. The summed E-state index contributed by atoms with van der Waals surface area (Å²) in [5, 5.41) is 0. The molecule has 0 radical (unpaired) electrons. The lowest BCUT2D eigenvalue weighted by Crippen LogP contribution is -2.60. The zero-order chi connectivity index (χ0) is 24.4. The van der Waals surface area contributed by atoms with Crippen molar-refractivity contribution in [2.24, 2.45) is 0 Å².